The largest absolute Gasteiger partial charge is 0.497 e. The van der Waals surface area contributed by atoms with Gasteiger partial charge in [-0.1, -0.05) is 30.3 Å². The number of amides is 1. The molecule has 0 bridgehead atoms. The fraction of sp³-hybridized carbons (Fsp3) is 0.316. The Hall–Kier alpha value is -2.53. The normalized spacial score (nSPS) is 11.9. The summed E-state index contributed by atoms with van der Waals surface area (Å²) in [5, 5.41) is 2.99. The zero-order valence-corrected chi connectivity index (χ0v) is 14.6. The first kappa shape index (κ1) is 17.8. The number of nitrogens with zero attached hydrogens (tertiary/aromatic N) is 1. The van der Waals surface area contributed by atoms with Crippen molar-refractivity contribution in [3.05, 3.63) is 59.7 Å². The van der Waals surface area contributed by atoms with E-state index in [-0.39, 0.29) is 11.9 Å². The number of rotatable bonds is 7. The van der Waals surface area contributed by atoms with Crippen molar-refractivity contribution < 1.29 is 14.3 Å². The van der Waals surface area contributed by atoms with E-state index in [0.717, 1.165) is 5.56 Å². The first-order chi connectivity index (χ1) is 11.6. The predicted octanol–water partition coefficient (Wildman–Crippen LogP) is 2.74. The lowest BCUT2D eigenvalue weighted by atomic mass is 10.1. The van der Waals surface area contributed by atoms with Gasteiger partial charge in [0.2, 0.25) is 0 Å². The summed E-state index contributed by atoms with van der Waals surface area (Å²) in [4.78, 5) is 14.7. The van der Waals surface area contributed by atoms with Gasteiger partial charge in [-0.3, -0.25) is 4.79 Å². The second-order valence-electron chi connectivity index (χ2n) is 5.67. The molecule has 0 saturated carbocycles. The molecular weight excluding hydrogens is 304 g/mol. The minimum Gasteiger partial charge on any atom is -0.497 e. The van der Waals surface area contributed by atoms with Crippen LogP contribution in [0, 0.1) is 0 Å². The Morgan fingerprint density at radius 2 is 1.79 bits per heavy atom. The molecule has 5 heteroatoms. The van der Waals surface area contributed by atoms with Gasteiger partial charge < -0.3 is 19.7 Å². The summed E-state index contributed by atoms with van der Waals surface area (Å²) in [6, 6.07) is 15.4. The Bertz CT molecular complexity index is 672. The van der Waals surface area contributed by atoms with Crippen molar-refractivity contribution in [1.29, 1.82) is 0 Å². The highest BCUT2D eigenvalue weighted by atomic mass is 16.5. The van der Waals surface area contributed by atoms with E-state index in [1.54, 1.807) is 32.4 Å². The number of likely N-dealkylation sites (N-methyl/N-ethyl adjacent to an activating group) is 1. The van der Waals surface area contributed by atoms with E-state index < -0.39 is 0 Å². The Balaban J connectivity index is 2.14. The van der Waals surface area contributed by atoms with Gasteiger partial charge >= 0.3 is 0 Å². The molecule has 0 heterocycles. The quantitative estimate of drug-likeness (QED) is 0.849. The third kappa shape index (κ3) is 4.26. The van der Waals surface area contributed by atoms with Crippen LogP contribution in [0.1, 0.15) is 22.0 Å². The molecule has 1 N–H and O–H groups in total. The number of hydrogen-bond donors (Lipinski definition) is 1. The summed E-state index contributed by atoms with van der Waals surface area (Å²) in [5.41, 5.74) is 1.61. The van der Waals surface area contributed by atoms with Crippen LogP contribution in [0.2, 0.25) is 0 Å². The zero-order chi connectivity index (χ0) is 17.5. The Kier molecular flexibility index (Phi) is 6.21. The zero-order valence-electron chi connectivity index (χ0n) is 14.6. The molecular formula is C19H24N2O3. The second-order valence-corrected chi connectivity index (χ2v) is 5.67. The van der Waals surface area contributed by atoms with Crippen LogP contribution in [0.3, 0.4) is 0 Å². The average molecular weight is 328 g/mol. The molecule has 0 aromatic heterocycles. The van der Waals surface area contributed by atoms with E-state index in [1.165, 1.54) is 0 Å². The predicted molar refractivity (Wildman–Crippen MR) is 94.7 cm³/mol. The van der Waals surface area contributed by atoms with Crippen LogP contribution in [0.4, 0.5) is 0 Å². The van der Waals surface area contributed by atoms with Crippen LogP contribution in [0.15, 0.2) is 48.5 Å². The molecule has 24 heavy (non-hydrogen) atoms. The first-order valence-electron chi connectivity index (χ1n) is 7.78. The summed E-state index contributed by atoms with van der Waals surface area (Å²) in [6.07, 6.45) is 0. The fourth-order valence-corrected chi connectivity index (χ4v) is 2.55. The number of nitrogens with one attached hydrogen (secondary N) is 1. The Morgan fingerprint density at radius 3 is 2.38 bits per heavy atom. The highest BCUT2D eigenvalue weighted by molar-refractivity contribution is 5.97. The third-order valence-corrected chi connectivity index (χ3v) is 3.91. The van der Waals surface area contributed by atoms with E-state index in [0.29, 0.717) is 23.6 Å². The molecule has 128 valence electrons. The topological polar surface area (TPSA) is 50.8 Å². The van der Waals surface area contributed by atoms with Crippen molar-refractivity contribution in [2.45, 2.75) is 6.04 Å². The van der Waals surface area contributed by atoms with Crippen molar-refractivity contribution in [1.82, 2.24) is 10.2 Å². The second kappa shape index (κ2) is 8.36. The molecule has 1 atom stereocenters. The van der Waals surface area contributed by atoms with Crippen LogP contribution >= 0.6 is 0 Å². The minimum atomic E-state index is -0.187. The van der Waals surface area contributed by atoms with Gasteiger partial charge in [-0.05, 0) is 37.9 Å². The van der Waals surface area contributed by atoms with Crippen LogP contribution in [-0.2, 0) is 0 Å². The van der Waals surface area contributed by atoms with Gasteiger partial charge in [-0.15, -0.1) is 0 Å². The van der Waals surface area contributed by atoms with Gasteiger partial charge in [0.15, 0.2) is 0 Å². The van der Waals surface area contributed by atoms with Crippen LogP contribution in [0.5, 0.6) is 11.5 Å². The number of benzene rings is 2. The van der Waals surface area contributed by atoms with Gasteiger partial charge in [0, 0.05) is 6.54 Å². The van der Waals surface area contributed by atoms with Crippen molar-refractivity contribution in [3.8, 4) is 11.5 Å². The van der Waals surface area contributed by atoms with Crippen molar-refractivity contribution >= 4 is 5.91 Å². The molecule has 2 aromatic carbocycles. The summed E-state index contributed by atoms with van der Waals surface area (Å²) in [7, 11) is 7.11. The molecule has 1 amide bonds. The van der Waals surface area contributed by atoms with Gasteiger partial charge in [-0.25, -0.2) is 0 Å². The minimum absolute atomic E-state index is 0.0896. The number of carbonyl (C=O) groups excluding carboxylic acids is 1. The molecule has 1 unspecified atom stereocenters. The monoisotopic (exact) mass is 328 g/mol. The Labute approximate surface area is 143 Å². The maximum Gasteiger partial charge on any atom is 0.255 e. The van der Waals surface area contributed by atoms with Gasteiger partial charge in [0.05, 0.1) is 25.8 Å². The number of carbonyl (C=O) groups is 1. The van der Waals surface area contributed by atoms with E-state index in [9.17, 15) is 4.79 Å². The van der Waals surface area contributed by atoms with E-state index in [1.807, 2.05) is 32.3 Å². The molecule has 0 aliphatic rings. The number of methoxy groups -OCH3 is 2. The van der Waals surface area contributed by atoms with E-state index in [2.05, 4.69) is 22.3 Å². The number of ether oxygens (including phenoxy) is 2. The highest BCUT2D eigenvalue weighted by Gasteiger charge is 2.18. The van der Waals surface area contributed by atoms with E-state index >= 15 is 0 Å². The SMILES string of the molecule is COc1ccc(OC)c(C(=O)NCC(c2ccccc2)N(C)C)c1. The molecule has 0 aliphatic heterocycles. The summed E-state index contributed by atoms with van der Waals surface area (Å²) < 4.78 is 10.5. The first-order valence-corrected chi connectivity index (χ1v) is 7.78. The molecule has 2 rings (SSSR count). The molecule has 0 aliphatic carbocycles. The lowest BCUT2D eigenvalue weighted by molar-refractivity contribution is 0.0938. The maximum atomic E-state index is 12.6. The highest BCUT2D eigenvalue weighted by Crippen LogP contribution is 2.24. The molecule has 0 saturated heterocycles. The van der Waals surface area contributed by atoms with Gasteiger partial charge in [-0.2, -0.15) is 0 Å². The van der Waals surface area contributed by atoms with Crippen LogP contribution in [0.25, 0.3) is 0 Å². The van der Waals surface area contributed by atoms with Crippen molar-refractivity contribution in [2.24, 2.45) is 0 Å². The van der Waals surface area contributed by atoms with Crippen molar-refractivity contribution in [3.63, 3.8) is 0 Å². The lowest BCUT2D eigenvalue weighted by Crippen LogP contribution is -2.34. The molecule has 2 aromatic rings. The Morgan fingerprint density at radius 1 is 1.08 bits per heavy atom. The third-order valence-electron chi connectivity index (χ3n) is 3.91. The van der Waals surface area contributed by atoms with Gasteiger partial charge in [0.1, 0.15) is 11.5 Å². The molecule has 5 nitrogen and oxygen atoms in total. The summed E-state index contributed by atoms with van der Waals surface area (Å²) >= 11 is 0. The lowest BCUT2D eigenvalue weighted by Gasteiger charge is -2.25. The van der Waals surface area contributed by atoms with Crippen LogP contribution in [-0.4, -0.2) is 45.7 Å². The smallest absolute Gasteiger partial charge is 0.255 e. The van der Waals surface area contributed by atoms with Gasteiger partial charge in [0.25, 0.3) is 5.91 Å². The standard InChI is InChI=1S/C19H24N2O3/c1-21(2)17(14-8-6-5-7-9-14)13-20-19(22)16-12-15(23-3)10-11-18(16)24-4/h5-12,17H,13H2,1-4H3,(H,20,22). The maximum absolute atomic E-state index is 12.6. The van der Waals surface area contributed by atoms with Crippen LogP contribution < -0.4 is 14.8 Å². The van der Waals surface area contributed by atoms with Crippen molar-refractivity contribution in [2.75, 3.05) is 34.9 Å². The summed E-state index contributed by atoms with van der Waals surface area (Å²) in [5.74, 6) is 0.955. The number of hydrogen-bond acceptors (Lipinski definition) is 4. The molecule has 0 radical (unpaired) electrons. The molecule has 0 fully saturated rings. The average Bonchev–Trinajstić information content (AvgIpc) is 2.61. The fourth-order valence-electron chi connectivity index (χ4n) is 2.55. The van der Waals surface area contributed by atoms with E-state index in [4.69, 9.17) is 9.47 Å². The summed E-state index contributed by atoms with van der Waals surface area (Å²) in [6.45, 7) is 0.496. The molecule has 0 spiro atoms.